The Kier molecular flexibility index (Phi) is 11.1. The lowest BCUT2D eigenvalue weighted by Gasteiger charge is -2.24. The average molecular weight is 429 g/mol. The van der Waals surface area contributed by atoms with Crippen LogP contribution in [0.1, 0.15) is 43.2 Å². The van der Waals surface area contributed by atoms with Gasteiger partial charge >= 0.3 is 5.97 Å². The molecule has 0 aliphatic heterocycles. The molecule has 0 fully saturated rings. The van der Waals surface area contributed by atoms with Crippen LogP contribution in [0.15, 0.2) is 54.6 Å². The smallest absolute Gasteiger partial charge is 0.329 e. The minimum absolute atomic E-state index is 0.113. The summed E-state index contributed by atoms with van der Waals surface area (Å²) in [6.45, 7) is 1.50. The molecule has 0 saturated heterocycles. The van der Waals surface area contributed by atoms with Crippen molar-refractivity contribution >= 4 is 12.4 Å². The average Bonchev–Trinajstić information content (AvgIpc) is 2.79. The van der Waals surface area contributed by atoms with E-state index in [-0.39, 0.29) is 13.0 Å². The summed E-state index contributed by atoms with van der Waals surface area (Å²) in [5.74, 6) is -0.389. The second-order valence-electron chi connectivity index (χ2n) is 7.33. The summed E-state index contributed by atoms with van der Waals surface area (Å²) in [6, 6.07) is 15.4. The van der Waals surface area contributed by atoms with E-state index in [1.54, 1.807) is 0 Å². The van der Waals surface area contributed by atoms with Gasteiger partial charge in [0.05, 0.1) is 6.61 Å². The van der Waals surface area contributed by atoms with Crippen LogP contribution >= 0.6 is 0 Å². The lowest BCUT2D eigenvalue weighted by Crippen LogP contribution is -2.41. The van der Waals surface area contributed by atoms with Crippen molar-refractivity contribution in [3.8, 4) is 5.75 Å². The van der Waals surface area contributed by atoms with E-state index in [9.17, 15) is 14.7 Å². The zero-order chi connectivity index (χ0) is 22.3. The SMILES string of the molecule is NCCCCCCCOc1ccc(CC(C(=O)O)N(C=O)OCc2ccccc2)cc1. The predicted molar refractivity (Wildman–Crippen MR) is 118 cm³/mol. The maximum Gasteiger partial charge on any atom is 0.329 e. The van der Waals surface area contributed by atoms with E-state index >= 15 is 0 Å². The number of nitrogens with zero attached hydrogens (tertiary/aromatic N) is 1. The summed E-state index contributed by atoms with van der Waals surface area (Å²) in [7, 11) is 0. The van der Waals surface area contributed by atoms with Crippen molar-refractivity contribution in [2.75, 3.05) is 13.2 Å². The molecule has 7 nitrogen and oxygen atoms in total. The van der Waals surface area contributed by atoms with Crippen LogP contribution in [0.5, 0.6) is 5.75 Å². The molecule has 2 rings (SSSR count). The number of carboxylic acids is 1. The van der Waals surface area contributed by atoms with Crippen molar-refractivity contribution < 1.29 is 24.3 Å². The fourth-order valence-electron chi connectivity index (χ4n) is 3.12. The summed E-state index contributed by atoms with van der Waals surface area (Å²) < 4.78 is 5.74. The molecule has 0 radical (unpaired) electrons. The fraction of sp³-hybridized carbons (Fsp3) is 0.417. The summed E-state index contributed by atoms with van der Waals surface area (Å²) in [5, 5.41) is 10.5. The summed E-state index contributed by atoms with van der Waals surface area (Å²) in [6.07, 6.45) is 6.03. The van der Waals surface area contributed by atoms with E-state index in [4.69, 9.17) is 15.3 Å². The van der Waals surface area contributed by atoms with Crippen LogP contribution in [0.2, 0.25) is 0 Å². The van der Waals surface area contributed by atoms with Gasteiger partial charge in [-0.25, -0.2) is 9.86 Å². The first-order valence-corrected chi connectivity index (χ1v) is 10.7. The molecule has 0 aliphatic carbocycles. The van der Waals surface area contributed by atoms with Crippen molar-refractivity contribution in [3.63, 3.8) is 0 Å². The largest absolute Gasteiger partial charge is 0.494 e. The van der Waals surface area contributed by atoms with E-state index < -0.39 is 12.0 Å². The predicted octanol–water partition coefficient (Wildman–Crippen LogP) is 3.56. The Balaban J connectivity index is 1.83. The highest BCUT2D eigenvalue weighted by Crippen LogP contribution is 2.16. The van der Waals surface area contributed by atoms with Gasteiger partial charge in [-0.3, -0.25) is 9.63 Å². The molecule has 0 bridgehead atoms. The number of ether oxygens (including phenoxy) is 1. The van der Waals surface area contributed by atoms with Gasteiger partial charge in [-0.05, 0) is 42.6 Å². The molecule has 2 aromatic rings. The molecule has 0 aliphatic rings. The Morgan fingerprint density at radius 1 is 0.968 bits per heavy atom. The van der Waals surface area contributed by atoms with Gasteiger partial charge in [0.1, 0.15) is 12.4 Å². The molecule has 0 aromatic heterocycles. The Labute approximate surface area is 183 Å². The van der Waals surface area contributed by atoms with Gasteiger partial charge in [0.15, 0.2) is 6.04 Å². The quantitative estimate of drug-likeness (QED) is 0.241. The highest BCUT2D eigenvalue weighted by Gasteiger charge is 2.26. The lowest BCUT2D eigenvalue weighted by atomic mass is 10.1. The highest BCUT2D eigenvalue weighted by atomic mass is 16.7. The molecule has 1 atom stereocenters. The molecule has 0 spiro atoms. The number of nitrogens with two attached hydrogens (primary N) is 1. The van der Waals surface area contributed by atoms with Gasteiger partial charge in [0, 0.05) is 6.42 Å². The number of carboxylic acid groups (broad SMARTS) is 1. The molecular formula is C24H32N2O5. The van der Waals surface area contributed by atoms with Crippen LogP contribution in [0.3, 0.4) is 0 Å². The van der Waals surface area contributed by atoms with E-state index in [0.29, 0.717) is 13.0 Å². The fourth-order valence-corrected chi connectivity index (χ4v) is 3.12. The molecular weight excluding hydrogens is 396 g/mol. The standard InChI is InChI=1S/C24H32N2O5/c25-15-7-2-1-3-8-16-30-22-13-11-20(12-14-22)17-23(24(28)29)26(19-27)31-18-21-9-5-4-6-10-21/h4-6,9-14,19,23H,1-3,7-8,15-18,25H2,(H,28,29). The Morgan fingerprint density at radius 2 is 1.65 bits per heavy atom. The molecule has 7 heteroatoms. The van der Waals surface area contributed by atoms with Crippen molar-refractivity contribution in [2.45, 2.75) is 51.2 Å². The van der Waals surface area contributed by atoms with E-state index in [2.05, 4.69) is 0 Å². The van der Waals surface area contributed by atoms with Crippen molar-refractivity contribution in [3.05, 3.63) is 65.7 Å². The van der Waals surface area contributed by atoms with Gasteiger partial charge < -0.3 is 15.6 Å². The van der Waals surface area contributed by atoms with Gasteiger partial charge in [-0.15, -0.1) is 0 Å². The zero-order valence-corrected chi connectivity index (χ0v) is 17.8. The van der Waals surface area contributed by atoms with Gasteiger partial charge in [-0.1, -0.05) is 61.7 Å². The van der Waals surface area contributed by atoms with Crippen molar-refractivity contribution in [2.24, 2.45) is 5.73 Å². The monoisotopic (exact) mass is 428 g/mol. The molecule has 2 aromatic carbocycles. The normalized spacial score (nSPS) is 11.6. The minimum Gasteiger partial charge on any atom is -0.494 e. The van der Waals surface area contributed by atoms with Gasteiger partial charge in [0.2, 0.25) is 6.41 Å². The van der Waals surface area contributed by atoms with Crippen LogP contribution in [0, 0.1) is 0 Å². The second kappa shape index (κ2) is 14.2. The third-order valence-electron chi connectivity index (χ3n) is 4.89. The highest BCUT2D eigenvalue weighted by molar-refractivity contribution is 5.76. The number of carbonyl (C=O) groups excluding carboxylic acids is 1. The molecule has 31 heavy (non-hydrogen) atoms. The zero-order valence-electron chi connectivity index (χ0n) is 17.8. The van der Waals surface area contributed by atoms with Crippen LogP contribution < -0.4 is 10.5 Å². The Morgan fingerprint density at radius 3 is 2.29 bits per heavy atom. The van der Waals surface area contributed by atoms with Crippen LogP contribution in [0.4, 0.5) is 0 Å². The van der Waals surface area contributed by atoms with Crippen LogP contribution in [-0.4, -0.2) is 41.7 Å². The number of aliphatic carboxylic acids is 1. The summed E-state index contributed by atoms with van der Waals surface area (Å²) >= 11 is 0. The Bertz CT molecular complexity index is 767. The number of amides is 1. The number of benzene rings is 2. The molecule has 1 amide bonds. The first kappa shape index (κ1) is 24.4. The van der Waals surface area contributed by atoms with Crippen molar-refractivity contribution in [1.82, 2.24) is 5.06 Å². The number of unbranched alkanes of at least 4 members (excludes halogenated alkanes) is 4. The van der Waals surface area contributed by atoms with E-state index in [1.807, 2.05) is 54.6 Å². The first-order valence-electron chi connectivity index (χ1n) is 10.7. The van der Waals surface area contributed by atoms with E-state index in [1.165, 1.54) is 0 Å². The molecule has 0 saturated carbocycles. The van der Waals surface area contributed by atoms with E-state index in [0.717, 1.165) is 60.6 Å². The molecule has 3 N–H and O–H groups in total. The maximum absolute atomic E-state index is 11.7. The maximum atomic E-state index is 11.7. The molecule has 0 heterocycles. The molecule has 168 valence electrons. The summed E-state index contributed by atoms with van der Waals surface area (Å²) in [5.41, 5.74) is 7.11. The van der Waals surface area contributed by atoms with Gasteiger partial charge in [-0.2, -0.15) is 0 Å². The topological polar surface area (TPSA) is 102 Å². The second-order valence-corrected chi connectivity index (χ2v) is 7.33. The Hall–Kier alpha value is -2.90. The lowest BCUT2D eigenvalue weighted by molar-refractivity contribution is -0.200. The molecule has 1 unspecified atom stereocenters. The van der Waals surface area contributed by atoms with Crippen LogP contribution in [0.25, 0.3) is 0 Å². The summed E-state index contributed by atoms with van der Waals surface area (Å²) in [4.78, 5) is 28.6. The number of hydroxylamine groups is 2. The van der Waals surface area contributed by atoms with Crippen LogP contribution in [-0.2, 0) is 27.5 Å². The number of carbonyl (C=O) groups is 2. The van der Waals surface area contributed by atoms with Gasteiger partial charge in [0.25, 0.3) is 0 Å². The number of rotatable bonds is 16. The number of hydrogen-bond donors (Lipinski definition) is 2. The number of hydrogen-bond acceptors (Lipinski definition) is 5. The third kappa shape index (κ3) is 9.19. The first-order chi connectivity index (χ1) is 15.1. The van der Waals surface area contributed by atoms with Crippen molar-refractivity contribution in [1.29, 1.82) is 0 Å². The third-order valence-corrected chi connectivity index (χ3v) is 4.89. The minimum atomic E-state index is -1.13.